The van der Waals surface area contributed by atoms with Crippen LogP contribution in [-0.2, 0) is 14.4 Å². The van der Waals surface area contributed by atoms with Crippen molar-refractivity contribution in [3.05, 3.63) is 0 Å². The molecule has 0 radical (unpaired) electrons. The molecule has 0 spiro atoms. The molecule has 9 heteroatoms. The third-order valence-electron chi connectivity index (χ3n) is 4.86. The van der Waals surface area contributed by atoms with Crippen molar-refractivity contribution in [3.8, 4) is 0 Å². The fourth-order valence-electron chi connectivity index (χ4n) is 3.05. The van der Waals surface area contributed by atoms with Gasteiger partial charge in [0.2, 0.25) is 11.8 Å². The fourth-order valence-corrected chi connectivity index (χ4v) is 3.05. The average molecular weight is 415 g/mol. The van der Waals surface area contributed by atoms with Crippen LogP contribution in [0.2, 0.25) is 0 Å². The molecule has 29 heavy (non-hydrogen) atoms. The van der Waals surface area contributed by atoms with Crippen molar-refractivity contribution in [2.24, 2.45) is 0 Å². The Labute approximate surface area is 175 Å². The van der Waals surface area contributed by atoms with Crippen molar-refractivity contribution in [1.29, 1.82) is 0 Å². The first kappa shape index (κ1) is 27.5. The highest BCUT2D eigenvalue weighted by Gasteiger charge is 2.27. The van der Waals surface area contributed by atoms with Crippen LogP contribution in [0.15, 0.2) is 0 Å². The Bertz CT molecular complexity index is 475. The SMILES string of the molecule is CNCCCC(NC(=O)C(CCCNC)NC(=O)C(CCCNC)NC)C(C)=O. The maximum atomic E-state index is 12.8. The second kappa shape index (κ2) is 17.3. The largest absolute Gasteiger partial charge is 0.345 e. The van der Waals surface area contributed by atoms with Crippen molar-refractivity contribution in [1.82, 2.24) is 31.9 Å². The molecule has 0 rings (SSSR count). The molecule has 0 aromatic heterocycles. The topological polar surface area (TPSA) is 123 Å². The zero-order valence-electron chi connectivity index (χ0n) is 18.8. The van der Waals surface area contributed by atoms with Gasteiger partial charge < -0.3 is 31.9 Å². The van der Waals surface area contributed by atoms with Crippen LogP contribution in [0, 0.1) is 0 Å². The molecule has 0 aliphatic heterocycles. The van der Waals surface area contributed by atoms with E-state index in [1.807, 2.05) is 21.1 Å². The van der Waals surface area contributed by atoms with Gasteiger partial charge in [0.05, 0.1) is 12.1 Å². The highest BCUT2D eigenvalue weighted by Crippen LogP contribution is 2.04. The number of amides is 2. The van der Waals surface area contributed by atoms with Crippen LogP contribution in [0.3, 0.4) is 0 Å². The zero-order chi connectivity index (χ0) is 22.1. The van der Waals surface area contributed by atoms with Crippen molar-refractivity contribution >= 4 is 17.6 Å². The quantitative estimate of drug-likeness (QED) is 0.161. The minimum Gasteiger partial charge on any atom is -0.345 e. The minimum atomic E-state index is -0.665. The van der Waals surface area contributed by atoms with Crippen molar-refractivity contribution < 1.29 is 14.4 Å². The molecule has 2 amide bonds. The Kier molecular flexibility index (Phi) is 16.4. The number of hydrogen-bond donors (Lipinski definition) is 6. The number of carbonyl (C=O) groups is 3. The van der Waals surface area contributed by atoms with Crippen molar-refractivity contribution in [2.45, 2.75) is 63.6 Å². The van der Waals surface area contributed by atoms with Crippen molar-refractivity contribution in [2.75, 3.05) is 47.8 Å². The lowest BCUT2D eigenvalue weighted by atomic mass is 10.0. The number of Topliss-reactive ketones (excluding diaryl/α,β-unsaturated/α-hetero) is 1. The molecule has 0 saturated carbocycles. The molecule has 0 heterocycles. The molecule has 3 atom stereocenters. The van der Waals surface area contributed by atoms with Gasteiger partial charge in [-0.3, -0.25) is 14.4 Å². The van der Waals surface area contributed by atoms with Gasteiger partial charge in [-0.05, 0) is 93.3 Å². The number of nitrogens with one attached hydrogen (secondary N) is 6. The molecule has 9 nitrogen and oxygen atoms in total. The Hall–Kier alpha value is -1.55. The van der Waals surface area contributed by atoms with E-state index >= 15 is 0 Å². The van der Waals surface area contributed by atoms with Gasteiger partial charge >= 0.3 is 0 Å². The van der Waals surface area contributed by atoms with Crippen LogP contribution in [0.25, 0.3) is 0 Å². The molecular formula is C20H42N6O3. The summed E-state index contributed by atoms with van der Waals surface area (Å²) in [5, 5.41) is 17.9. The first-order chi connectivity index (χ1) is 13.9. The van der Waals surface area contributed by atoms with Gasteiger partial charge in [-0.1, -0.05) is 0 Å². The summed E-state index contributed by atoms with van der Waals surface area (Å²) in [5.41, 5.74) is 0. The summed E-state index contributed by atoms with van der Waals surface area (Å²) in [7, 11) is 7.31. The molecule has 0 aliphatic rings. The molecule has 0 fully saturated rings. The monoisotopic (exact) mass is 414 g/mol. The van der Waals surface area contributed by atoms with Crippen LogP contribution in [0.4, 0.5) is 0 Å². The van der Waals surface area contributed by atoms with E-state index in [4.69, 9.17) is 0 Å². The van der Waals surface area contributed by atoms with Crippen molar-refractivity contribution in [3.63, 3.8) is 0 Å². The second-order valence-electron chi connectivity index (χ2n) is 7.31. The molecule has 0 saturated heterocycles. The summed E-state index contributed by atoms with van der Waals surface area (Å²) in [5.74, 6) is -0.568. The van der Waals surface area contributed by atoms with Crippen LogP contribution in [0.1, 0.15) is 45.4 Å². The molecule has 0 aromatic carbocycles. The van der Waals surface area contributed by atoms with Gasteiger partial charge in [0.15, 0.2) is 5.78 Å². The standard InChI is InChI=1S/C20H42N6O3/c1-15(27)16(9-6-12-21-2)25-20(29)18(11-8-14-23-4)26-19(28)17(24-5)10-7-13-22-3/h16-18,21-24H,6-14H2,1-5H3,(H,25,29)(H,26,28). The van der Waals surface area contributed by atoms with E-state index in [-0.39, 0.29) is 23.6 Å². The number of rotatable bonds is 18. The maximum Gasteiger partial charge on any atom is 0.243 e. The van der Waals surface area contributed by atoms with E-state index in [1.54, 1.807) is 7.05 Å². The van der Waals surface area contributed by atoms with E-state index in [0.29, 0.717) is 19.3 Å². The van der Waals surface area contributed by atoms with Crippen LogP contribution in [-0.4, -0.2) is 83.5 Å². The molecule has 0 bridgehead atoms. The Morgan fingerprint density at radius 2 is 1.00 bits per heavy atom. The van der Waals surface area contributed by atoms with E-state index in [1.165, 1.54) is 6.92 Å². The third-order valence-corrected chi connectivity index (χ3v) is 4.86. The first-order valence-electron chi connectivity index (χ1n) is 10.6. The number of likely N-dealkylation sites (N-methyl/N-ethyl adjacent to an activating group) is 1. The third kappa shape index (κ3) is 12.6. The predicted octanol–water partition coefficient (Wildman–Crippen LogP) is -0.868. The smallest absolute Gasteiger partial charge is 0.243 e. The zero-order valence-corrected chi connectivity index (χ0v) is 18.8. The normalized spacial score (nSPS) is 14.1. The summed E-state index contributed by atoms with van der Waals surface area (Å²) in [6.45, 7) is 3.83. The lowest BCUT2D eigenvalue weighted by Gasteiger charge is -2.24. The van der Waals surface area contributed by atoms with Gasteiger partial charge in [-0.2, -0.15) is 0 Å². The number of carbonyl (C=O) groups excluding carboxylic acids is 3. The summed E-state index contributed by atoms with van der Waals surface area (Å²) in [6, 6.07) is -1.56. The predicted molar refractivity (Wildman–Crippen MR) is 117 cm³/mol. The molecule has 170 valence electrons. The van der Waals surface area contributed by atoms with Gasteiger partial charge in [-0.25, -0.2) is 0 Å². The van der Waals surface area contributed by atoms with Crippen LogP contribution >= 0.6 is 0 Å². The first-order valence-corrected chi connectivity index (χ1v) is 10.6. The Morgan fingerprint density at radius 3 is 1.41 bits per heavy atom. The van der Waals surface area contributed by atoms with Gasteiger partial charge in [0, 0.05) is 0 Å². The summed E-state index contributed by atoms with van der Waals surface area (Å²) < 4.78 is 0. The Morgan fingerprint density at radius 1 is 0.621 bits per heavy atom. The highest BCUT2D eigenvalue weighted by molar-refractivity contribution is 5.93. The lowest BCUT2D eigenvalue weighted by Crippen LogP contribution is -2.54. The van der Waals surface area contributed by atoms with Gasteiger partial charge in [0.25, 0.3) is 0 Å². The number of ketones is 1. The minimum absolute atomic E-state index is 0.0741. The van der Waals surface area contributed by atoms with Crippen LogP contribution < -0.4 is 31.9 Å². The molecular weight excluding hydrogens is 372 g/mol. The summed E-state index contributed by atoms with van der Waals surface area (Å²) >= 11 is 0. The van der Waals surface area contributed by atoms with E-state index in [0.717, 1.165) is 38.9 Å². The van der Waals surface area contributed by atoms with Gasteiger partial charge in [0.1, 0.15) is 6.04 Å². The molecule has 0 aromatic rings. The number of hydrogen-bond acceptors (Lipinski definition) is 7. The Balaban J connectivity index is 4.99. The highest BCUT2D eigenvalue weighted by atomic mass is 16.2. The van der Waals surface area contributed by atoms with Gasteiger partial charge in [-0.15, -0.1) is 0 Å². The van der Waals surface area contributed by atoms with E-state index < -0.39 is 12.1 Å². The van der Waals surface area contributed by atoms with Crippen LogP contribution in [0.5, 0.6) is 0 Å². The summed E-state index contributed by atoms with van der Waals surface area (Å²) in [6.07, 6.45) is 4.13. The summed E-state index contributed by atoms with van der Waals surface area (Å²) in [4.78, 5) is 37.5. The fraction of sp³-hybridized carbons (Fsp3) is 0.850. The van der Waals surface area contributed by atoms with E-state index in [2.05, 4.69) is 31.9 Å². The second-order valence-corrected chi connectivity index (χ2v) is 7.31. The molecule has 3 unspecified atom stereocenters. The van der Waals surface area contributed by atoms with E-state index in [9.17, 15) is 14.4 Å². The average Bonchev–Trinajstić information content (AvgIpc) is 2.69. The molecule has 6 N–H and O–H groups in total. The molecule has 0 aliphatic carbocycles. The lowest BCUT2D eigenvalue weighted by molar-refractivity contribution is -0.132. The maximum absolute atomic E-state index is 12.8.